The molecule has 0 aliphatic heterocycles. The molecule has 0 aromatic rings. The summed E-state index contributed by atoms with van der Waals surface area (Å²) in [6.45, 7) is 6.77. The highest BCUT2D eigenvalue weighted by Gasteiger charge is 2.14. The van der Waals surface area contributed by atoms with Gasteiger partial charge in [0.15, 0.2) is 0 Å². The minimum Gasteiger partial charge on any atom is -0.127 e. The second kappa shape index (κ2) is 4.16. The Balaban J connectivity index is 3.43. The van der Waals surface area contributed by atoms with Crippen molar-refractivity contribution in [3.05, 3.63) is 0 Å². The van der Waals surface area contributed by atoms with Crippen LogP contribution in [0.4, 0.5) is 0 Å². The molecule has 0 amide bonds. The van der Waals surface area contributed by atoms with Gasteiger partial charge in [-0.1, -0.05) is 27.2 Å². The van der Waals surface area contributed by atoms with E-state index in [1.165, 1.54) is 12.8 Å². The zero-order valence-corrected chi connectivity index (χ0v) is 7.46. The van der Waals surface area contributed by atoms with Gasteiger partial charge in [-0.25, -0.2) is 0 Å². The Labute approximate surface area is 63.6 Å². The summed E-state index contributed by atoms with van der Waals surface area (Å²) in [7, 11) is 0. The second-order valence-corrected chi connectivity index (χ2v) is 3.73. The minimum atomic E-state index is 0.469. The van der Waals surface area contributed by atoms with Crippen LogP contribution in [0, 0.1) is 5.41 Å². The van der Waals surface area contributed by atoms with Crippen LogP contribution >= 0.6 is 11.6 Å². The highest BCUT2D eigenvalue weighted by atomic mass is 35.5. The molecule has 0 aromatic heterocycles. The Morgan fingerprint density at radius 1 is 1.22 bits per heavy atom. The first-order valence-electron chi connectivity index (χ1n) is 3.68. The molecule has 9 heavy (non-hydrogen) atoms. The molecule has 0 N–H and O–H groups in total. The van der Waals surface area contributed by atoms with Gasteiger partial charge in [0.25, 0.3) is 0 Å². The van der Waals surface area contributed by atoms with E-state index in [4.69, 9.17) is 11.6 Å². The standard InChI is InChI=1S/C8H17Cl/c1-4-5-8(2,3)6-7-9/h4-7H2,1-3H3. The van der Waals surface area contributed by atoms with Crippen molar-refractivity contribution in [1.29, 1.82) is 0 Å². The van der Waals surface area contributed by atoms with E-state index < -0.39 is 0 Å². The minimum absolute atomic E-state index is 0.469. The molecule has 1 heteroatoms. The molecule has 0 aliphatic rings. The van der Waals surface area contributed by atoms with Gasteiger partial charge < -0.3 is 0 Å². The Kier molecular flexibility index (Phi) is 4.29. The first-order chi connectivity index (χ1) is 4.12. The summed E-state index contributed by atoms with van der Waals surface area (Å²) in [6.07, 6.45) is 3.70. The molecule has 0 saturated carbocycles. The lowest BCUT2D eigenvalue weighted by Gasteiger charge is -2.21. The van der Waals surface area contributed by atoms with Crippen molar-refractivity contribution in [1.82, 2.24) is 0 Å². The van der Waals surface area contributed by atoms with Crippen molar-refractivity contribution in [3.8, 4) is 0 Å². The topological polar surface area (TPSA) is 0 Å². The summed E-state index contributed by atoms with van der Waals surface area (Å²) >= 11 is 5.62. The summed E-state index contributed by atoms with van der Waals surface area (Å²) in [6, 6.07) is 0. The fourth-order valence-corrected chi connectivity index (χ4v) is 1.57. The van der Waals surface area contributed by atoms with Crippen LogP contribution in [0.5, 0.6) is 0 Å². The highest BCUT2D eigenvalue weighted by Crippen LogP contribution is 2.26. The molecule has 0 spiro atoms. The molecule has 0 atom stereocenters. The van der Waals surface area contributed by atoms with Gasteiger partial charge in [-0.05, 0) is 18.3 Å². The number of hydrogen-bond donors (Lipinski definition) is 0. The van der Waals surface area contributed by atoms with Gasteiger partial charge >= 0.3 is 0 Å². The van der Waals surface area contributed by atoms with Gasteiger partial charge in [0.1, 0.15) is 0 Å². The zero-order chi connectivity index (χ0) is 7.33. The smallest absolute Gasteiger partial charge is 0.0228 e. The van der Waals surface area contributed by atoms with E-state index in [0.29, 0.717) is 5.41 Å². The van der Waals surface area contributed by atoms with E-state index in [-0.39, 0.29) is 0 Å². The van der Waals surface area contributed by atoms with Crippen LogP contribution in [-0.2, 0) is 0 Å². The largest absolute Gasteiger partial charge is 0.127 e. The summed E-state index contributed by atoms with van der Waals surface area (Å²) in [4.78, 5) is 0. The van der Waals surface area contributed by atoms with Crippen LogP contribution in [-0.4, -0.2) is 5.88 Å². The molecule has 0 bridgehead atoms. The Morgan fingerprint density at radius 3 is 2.11 bits per heavy atom. The SMILES string of the molecule is CCCC(C)(C)CCCl. The van der Waals surface area contributed by atoms with Crippen molar-refractivity contribution in [2.24, 2.45) is 5.41 Å². The molecule has 0 radical (unpaired) electrons. The van der Waals surface area contributed by atoms with Gasteiger partial charge in [0.2, 0.25) is 0 Å². The average molecular weight is 149 g/mol. The lowest BCUT2D eigenvalue weighted by atomic mass is 9.85. The van der Waals surface area contributed by atoms with Crippen molar-refractivity contribution in [2.45, 2.75) is 40.0 Å². The molecule has 0 nitrogen and oxygen atoms in total. The molecular formula is C8H17Cl. The van der Waals surface area contributed by atoms with E-state index in [1.807, 2.05) is 0 Å². The Morgan fingerprint density at radius 2 is 1.78 bits per heavy atom. The van der Waals surface area contributed by atoms with Crippen LogP contribution in [0.3, 0.4) is 0 Å². The molecule has 0 aliphatic carbocycles. The molecule has 0 heterocycles. The maximum Gasteiger partial charge on any atom is 0.0228 e. The fraction of sp³-hybridized carbons (Fsp3) is 1.00. The molecule has 0 fully saturated rings. The average Bonchev–Trinajstić information content (AvgIpc) is 1.64. The van der Waals surface area contributed by atoms with Crippen LogP contribution in [0.2, 0.25) is 0 Å². The summed E-state index contributed by atoms with van der Waals surface area (Å²) in [5.41, 5.74) is 0.469. The summed E-state index contributed by atoms with van der Waals surface area (Å²) < 4.78 is 0. The van der Waals surface area contributed by atoms with Gasteiger partial charge in [0.05, 0.1) is 0 Å². The quantitative estimate of drug-likeness (QED) is 0.536. The zero-order valence-electron chi connectivity index (χ0n) is 6.71. The normalized spacial score (nSPS) is 12.0. The molecule has 0 unspecified atom stereocenters. The van der Waals surface area contributed by atoms with E-state index in [0.717, 1.165) is 12.3 Å². The molecular weight excluding hydrogens is 132 g/mol. The third-order valence-corrected chi connectivity index (χ3v) is 1.89. The van der Waals surface area contributed by atoms with Crippen molar-refractivity contribution in [3.63, 3.8) is 0 Å². The van der Waals surface area contributed by atoms with E-state index in [2.05, 4.69) is 20.8 Å². The molecule has 0 saturated heterocycles. The van der Waals surface area contributed by atoms with Crippen molar-refractivity contribution in [2.75, 3.05) is 5.88 Å². The summed E-state index contributed by atoms with van der Waals surface area (Å²) in [5, 5.41) is 0. The lowest BCUT2D eigenvalue weighted by Crippen LogP contribution is -2.10. The lowest BCUT2D eigenvalue weighted by molar-refractivity contribution is 0.321. The number of hydrogen-bond acceptors (Lipinski definition) is 0. The first-order valence-corrected chi connectivity index (χ1v) is 4.22. The number of rotatable bonds is 4. The van der Waals surface area contributed by atoms with Crippen LogP contribution in [0.25, 0.3) is 0 Å². The Hall–Kier alpha value is 0.290. The van der Waals surface area contributed by atoms with Crippen molar-refractivity contribution >= 4 is 11.6 Å². The van der Waals surface area contributed by atoms with Gasteiger partial charge in [-0.2, -0.15) is 0 Å². The third kappa shape index (κ3) is 4.77. The first kappa shape index (κ1) is 9.29. The third-order valence-electron chi connectivity index (χ3n) is 1.70. The molecule has 0 rings (SSSR count). The van der Waals surface area contributed by atoms with Gasteiger partial charge in [-0.3, -0.25) is 0 Å². The molecule has 56 valence electrons. The van der Waals surface area contributed by atoms with Gasteiger partial charge in [-0.15, -0.1) is 11.6 Å². The van der Waals surface area contributed by atoms with Crippen molar-refractivity contribution < 1.29 is 0 Å². The maximum atomic E-state index is 5.62. The number of halogens is 1. The molecule has 0 aromatic carbocycles. The fourth-order valence-electron chi connectivity index (χ4n) is 1.06. The summed E-state index contributed by atoms with van der Waals surface area (Å²) in [5.74, 6) is 0.799. The van der Waals surface area contributed by atoms with Crippen LogP contribution < -0.4 is 0 Å². The number of alkyl halides is 1. The second-order valence-electron chi connectivity index (χ2n) is 3.35. The monoisotopic (exact) mass is 148 g/mol. The predicted molar refractivity (Wildman–Crippen MR) is 44.0 cm³/mol. The van der Waals surface area contributed by atoms with Crippen LogP contribution in [0.1, 0.15) is 40.0 Å². The van der Waals surface area contributed by atoms with E-state index >= 15 is 0 Å². The van der Waals surface area contributed by atoms with E-state index in [1.54, 1.807) is 0 Å². The van der Waals surface area contributed by atoms with E-state index in [9.17, 15) is 0 Å². The van der Waals surface area contributed by atoms with Gasteiger partial charge in [0, 0.05) is 5.88 Å². The van der Waals surface area contributed by atoms with Crippen LogP contribution in [0.15, 0.2) is 0 Å². The highest BCUT2D eigenvalue weighted by molar-refractivity contribution is 6.17. The Bertz CT molecular complexity index is 59.0. The predicted octanol–water partition coefficient (Wildman–Crippen LogP) is 3.44. The maximum absolute atomic E-state index is 5.62.